The SMILES string of the molecule is COC(=O)c1ccc(COc2ccccc2C=NN(Cc2ccccc2)c2ccccc2)cc1. The van der Waals surface area contributed by atoms with Crippen LogP contribution in [-0.2, 0) is 17.9 Å². The Hall–Kier alpha value is -4.38. The van der Waals surface area contributed by atoms with Gasteiger partial charge in [0, 0.05) is 5.56 Å². The van der Waals surface area contributed by atoms with Gasteiger partial charge in [-0.2, -0.15) is 5.10 Å². The molecule has 0 N–H and O–H groups in total. The zero-order valence-corrected chi connectivity index (χ0v) is 19.0. The van der Waals surface area contributed by atoms with Crippen LogP contribution in [0.3, 0.4) is 0 Å². The summed E-state index contributed by atoms with van der Waals surface area (Å²) in [7, 11) is 1.37. The number of esters is 1. The van der Waals surface area contributed by atoms with Crippen molar-refractivity contribution >= 4 is 17.9 Å². The van der Waals surface area contributed by atoms with Crippen LogP contribution in [0.1, 0.15) is 27.0 Å². The average Bonchev–Trinajstić information content (AvgIpc) is 2.91. The smallest absolute Gasteiger partial charge is 0.337 e. The first-order chi connectivity index (χ1) is 16.7. The van der Waals surface area contributed by atoms with Crippen molar-refractivity contribution in [3.8, 4) is 5.75 Å². The molecule has 0 saturated carbocycles. The van der Waals surface area contributed by atoms with Gasteiger partial charge in [0.2, 0.25) is 0 Å². The molecule has 0 aromatic heterocycles. The van der Waals surface area contributed by atoms with Gasteiger partial charge in [0.25, 0.3) is 0 Å². The Kier molecular flexibility index (Phi) is 7.70. The fraction of sp³-hybridized carbons (Fsp3) is 0.103. The van der Waals surface area contributed by atoms with E-state index in [-0.39, 0.29) is 5.97 Å². The molecule has 0 amide bonds. The molecule has 34 heavy (non-hydrogen) atoms. The number of hydrogen-bond donors (Lipinski definition) is 0. The molecular weight excluding hydrogens is 424 g/mol. The van der Waals surface area contributed by atoms with Crippen LogP contribution in [0, 0.1) is 0 Å². The number of nitrogens with zero attached hydrogens (tertiary/aromatic N) is 2. The molecular formula is C29H26N2O3. The van der Waals surface area contributed by atoms with Gasteiger partial charge in [-0.15, -0.1) is 0 Å². The second-order valence-electron chi connectivity index (χ2n) is 7.64. The maximum absolute atomic E-state index is 11.6. The van der Waals surface area contributed by atoms with E-state index < -0.39 is 0 Å². The Bertz CT molecular complexity index is 1220. The summed E-state index contributed by atoms with van der Waals surface area (Å²) in [5.41, 5.74) is 4.52. The molecule has 0 unspecified atom stereocenters. The quantitative estimate of drug-likeness (QED) is 0.176. The van der Waals surface area contributed by atoms with Crippen LogP contribution in [0.4, 0.5) is 5.69 Å². The third-order valence-corrected chi connectivity index (χ3v) is 5.25. The lowest BCUT2D eigenvalue weighted by atomic mass is 10.1. The molecule has 0 spiro atoms. The highest BCUT2D eigenvalue weighted by Gasteiger charge is 2.08. The van der Waals surface area contributed by atoms with E-state index in [0.29, 0.717) is 18.7 Å². The molecule has 5 nitrogen and oxygen atoms in total. The Morgan fingerprint density at radius 1 is 0.794 bits per heavy atom. The number of methoxy groups -OCH3 is 1. The third-order valence-electron chi connectivity index (χ3n) is 5.25. The molecule has 0 fully saturated rings. The van der Waals surface area contributed by atoms with Crippen molar-refractivity contribution in [2.45, 2.75) is 13.2 Å². The van der Waals surface area contributed by atoms with Crippen LogP contribution >= 0.6 is 0 Å². The molecule has 170 valence electrons. The molecule has 4 aromatic rings. The van der Waals surface area contributed by atoms with Crippen molar-refractivity contribution in [2.75, 3.05) is 12.1 Å². The summed E-state index contributed by atoms with van der Waals surface area (Å²) in [6.07, 6.45) is 1.83. The lowest BCUT2D eigenvalue weighted by Crippen LogP contribution is -2.16. The Labute approximate surface area is 199 Å². The number of hydrazone groups is 1. The number of rotatable bonds is 9. The largest absolute Gasteiger partial charge is 0.488 e. The zero-order valence-electron chi connectivity index (χ0n) is 19.0. The normalized spacial score (nSPS) is 10.7. The van der Waals surface area contributed by atoms with Crippen molar-refractivity contribution in [2.24, 2.45) is 5.10 Å². The van der Waals surface area contributed by atoms with E-state index in [1.165, 1.54) is 12.7 Å². The van der Waals surface area contributed by atoms with Gasteiger partial charge in [-0.1, -0.05) is 72.8 Å². The number of anilines is 1. The van der Waals surface area contributed by atoms with Crippen molar-refractivity contribution in [1.29, 1.82) is 0 Å². The van der Waals surface area contributed by atoms with Gasteiger partial charge in [-0.05, 0) is 47.5 Å². The summed E-state index contributed by atoms with van der Waals surface area (Å²) in [6.45, 7) is 1.02. The van der Waals surface area contributed by atoms with Gasteiger partial charge in [0.1, 0.15) is 12.4 Å². The van der Waals surface area contributed by atoms with Crippen LogP contribution in [0.2, 0.25) is 0 Å². The molecule has 5 heteroatoms. The minimum Gasteiger partial charge on any atom is -0.488 e. The number of ether oxygens (including phenoxy) is 2. The monoisotopic (exact) mass is 450 g/mol. The summed E-state index contributed by atoms with van der Waals surface area (Å²) < 4.78 is 10.8. The molecule has 0 bridgehead atoms. The van der Waals surface area contributed by atoms with E-state index in [4.69, 9.17) is 14.6 Å². The summed E-state index contributed by atoms with van der Waals surface area (Å²) in [6, 6.07) is 35.3. The highest BCUT2D eigenvalue weighted by Crippen LogP contribution is 2.21. The number of para-hydroxylation sites is 2. The molecule has 4 aromatic carbocycles. The van der Waals surface area contributed by atoms with Crippen LogP contribution in [0.5, 0.6) is 5.75 Å². The Balaban J connectivity index is 1.50. The van der Waals surface area contributed by atoms with E-state index in [0.717, 1.165) is 22.6 Å². The van der Waals surface area contributed by atoms with E-state index in [1.54, 1.807) is 12.1 Å². The summed E-state index contributed by atoms with van der Waals surface area (Å²) in [5, 5.41) is 6.76. The minimum atomic E-state index is -0.354. The highest BCUT2D eigenvalue weighted by atomic mass is 16.5. The number of benzene rings is 4. The zero-order chi connectivity index (χ0) is 23.6. The summed E-state index contributed by atoms with van der Waals surface area (Å²) in [5.74, 6) is 0.378. The molecule has 4 rings (SSSR count). The lowest BCUT2D eigenvalue weighted by Gasteiger charge is -2.19. The van der Waals surface area contributed by atoms with Gasteiger partial charge in [0.15, 0.2) is 0 Å². The van der Waals surface area contributed by atoms with Crippen molar-refractivity contribution in [3.63, 3.8) is 0 Å². The molecule has 0 heterocycles. The molecule has 0 atom stereocenters. The molecule has 0 aliphatic heterocycles. The molecule has 0 radical (unpaired) electrons. The number of carbonyl (C=O) groups is 1. The number of carbonyl (C=O) groups excluding carboxylic acids is 1. The topological polar surface area (TPSA) is 51.1 Å². The number of hydrogen-bond acceptors (Lipinski definition) is 5. The standard InChI is InChI=1S/C29H26N2O3/c1-33-29(32)25-18-16-24(17-19-25)22-34-28-15-9-8-12-26(28)20-30-31(27-13-6-3-7-14-27)21-23-10-4-2-5-11-23/h2-20H,21-22H2,1H3. The average molecular weight is 451 g/mol. The van der Waals surface area contributed by atoms with Gasteiger partial charge >= 0.3 is 5.97 Å². The molecule has 0 aliphatic rings. The first kappa shape index (κ1) is 22.8. The van der Waals surface area contributed by atoms with Gasteiger partial charge in [-0.25, -0.2) is 4.79 Å². The third kappa shape index (κ3) is 6.11. The van der Waals surface area contributed by atoms with Crippen LogP contribution in [0.15, 0.2) is 114 Å². The van der Waals surface area contributed by atoms with Crippen LogP contribution in [-0.4, -0.2) is 19.3 Å². The minimum absolute atomic E-state index is 0.354. The van der Waals surface area contributed by atoms with Gasteiger partial charge in [-0.3, -0.25) is 5.01 Å². The first-order valence-corrected chi connectivity index (χ1v) is 11.0. The van der Waals surface area contributed by atoms with Gasteiger partial charge in [0.05, 0.1) is 31.1 Å². The first-order valence-electron chi connectivity index (χ1n) is 11.0. The predicted octanol–water partition coefficient (Wildman–Crippen LogP) is 6.09. The van der Waals surface area contributed by atoms with E-state index in [9.17, 15) is 4.79 Å². The second-order valence-corrected chi connectivity index (χ2v) is 7.64. The van der Waals surface area contributed by atoms with Crippen molar-refractivity contribution < 1.29 is 14.3 Å². The van der Waals surface area contributed by atoms with E-state index in [1.807, 2.05) is 96.2 Å². The second kappa shape index (κ2) is 11.5. The van der Waals surface area contributed by atoms with E-state index in [2.05, 4.69) is 12.1 Å². The van der Waals surface area contributed by atoms with Gasteiger partial charge < -0.3 is 9.47 Å². The van der Waals surface area contributed by atoms with Crippen molar-refractivity contribution in [1.82, 2.24) is 0 Å². The Morgan fingerprint density at radius 2 is 1.44 bits per heavy atom. The lowest BCUT2D eigenvalue weighted by molar-refractivity contribution is 0.0600. The van der Waals surface area contributed by atoms with E-state index >= 15 is 0 Å². The van der Waals surface area contributed by atoms with Crippen molar-refractivity contribution in [3.05, 3.63) is 131 Å². The van der Waals surface area contributed by atoms with Crippen LogP contribution in [0.25, 0.3) is 0 Å². The predicted molar refractivity (Wildman–Crippen MR) is 135 cm³/mol. The summed E-state index contributed by atoms with van der Waals surface area (Å²) in [4.78, 5) is 11.6. The van der Waals surface area contributed by atoms with Crippen LogP contribution < -0.4 is 9.75 Å². The highest BCUT2D eigenvalue weighted by molar-refractivity contribution is 5.89. The summed E-state index contributed by atoms with van der Waals surface area (Å²) >= 11 is 0. The molecule has 0 saturated heterocycles. The fourth-order valence-electron chi connectivity index (χ4n) is 3.42. The fourth-order valence-corrected chi connectivity index (χ4v) is 3.42. The maximum Gasteiger partial charge on any atom is 0.337 e. The Morgan fingerprint density at radius 3 is 2.15 bits per heavy atom. The maximum atomic E-state index is 11.6. The molecule has 0 aliphatic carbocycles.